The SMILES string of the molecule is Fc1cc(C2CNCCO2)c(N2CCOCC2)cc1F. The average molecular weight is 284 g/mol. The van der Waals surface area contributed by atoms with Crippen LogP contribution in [0.25, 0.3) is 0 Å². The summed E-state index contributed by atoms with van der Waals surface area (Å²) in [6, 6.07) is 2.53. The molecule has 1 N–H and O–H groups in total. The fourth-order valence-corrected chi connectivity index (χ4v) is 2.65. The zero-order chi connectivity index (χ0) is 13.9. The molecule has 1 aromatic rings. The molecule has 3 rings (SSSR count). The van der Waals surface area contributed by atoms with Crippen LogP contribution in [0.15, 0.2) is 12.1 Å². The minimum atomic E-state index is -0.828. The van der Waals surface area contributed by atoms with Gasteiger partial charge in [0.25, 0.3) is 0 Å². The van der Waals surface area contributed by atoms with Gasteiger partial charge in [-0.3, -0.25) is 0 Å². The first-order valence-corrected chi connectivity index (χ1v) is 6.89. The molecule has 1 aromatic carbocycles. The van der Waals surface area contributed by atoms with Gasteiger partial charge in [0.1, 0.15) is 0 Å². The van der Waals surface area contributed by atoms with Gasteiger partial charge < -0.3 is 19.7 Å². The first kappa shape index (κ1) is 13.7. The Morgan fingerprint density at radius 3 is 2.55 bits per heavy atom. The standard InChI is InChI=1S/C14H18F2N2O2/c15-11-7-10(14-9-17-1-4-20-14)13(8-12(11)16)18-2-5-19-6-3-18/h7-8,14,17H,1-6,9H2. The summed E-state index contributed by atoms with van der Waals surface area (Å²) in [5, 5.41) is 3.21. The number of ether oxygens (including phenoxy) is 2. The van der Waals surface area contributed by atoms with Gasteiger partial charge in [0, 0.05) is 43.5 Å². The first-order chi connectivity index (χ1) is 9.75. The zero-order valence-electron chi connectivity index (χ0n) is 11.2. The van der Waals surface area contributed by atoms with Gasteiger partial charge in [-0.25, -0.2) is 8.78 Å². The fourth-order valence-electron chi connectivity index (χ4n) is 2.65. The molecule has 0 amide bonds. The third kappa shape index (κ3) is 2.77. The second-order valence-corrected chi connectivity index (χ2v) is 4.99. The monoisotopic (exact) mass is 284 g/mol. The Labute approximate surface area is 116 Å². The van der Waals surface area contributed by atoms with Crippen LogP contribution in [0, 0.1) is 11.6 Å². The molecular weight excluding hydrogens is 266 g/mol. The van der Waals surface area contributed by atoms with Crippen molar-refractivity contribution in [1.29, 1.82) is 0 Å². The number of nitrogens with one attached hydrogen (secondary N) is 1. The molecule has 1 unspecified atom stereocenters. The summed E-state index contributed by atoms with van der Waals surface area (Å²) in [4.78, 5) is 2.03. The lowest BCUT2D eigenvalue weighted by molar-refractivity contribution is 0.0275. The quantitative estimate of drug-likeness (QED) is 0.891. The molecule has 2 fully saturated rings. The summed E-state index contributed by atoms with van der Waals surface area (Å²) < 4.78 is 38.2. The largest absolute Gasteiger partial charge is 0.378 e. The van der Waals surface area contributed by atoms with Crippen LogP contribution in [0.5, 0.6) is 0 Å². The van der Waals surface area contributed by atoms with Crippen LogP contribution in [0.4, 0.5) is 14.5 Å². The van der Waals surface area contributed by atoms with Crippen LogP contribution >= 0.6 is 0 Å². The highest BCUT2D eigenvalue weighted by Gasteiger charge is 2.25. The molecule has 2 aliphatic rings. The molecule has 0 aliphatic carbocycles. The molecule has 4 nitrogen and oxygen atoms in total. The van der Waals surface area contributed by atoms with E-state index in [2.05, 4.69) is 5.32 Å². The maximum atomic E-state index is 13.6. The van der Waals surface area contributed by atoms with Crippen molar-refractivity contribution < 1.29 is 18.3 Å². The van der Waals surface area contributed by atoms with Crippen molar-refractivity contribution in [1.82, 2.24) is 5.32 Å². The second-order valence-electron chi connectivity index (χ2n) is 4.99. The Morgan fingerprint density at radius 2 is 1.85 bits per heavy atom. The molecule has 0 spiro atoms. The lowest BCUT2D eigenvalue weighted by Crippen LogP contribution is -2.39. The maximum absolute atomic E-state index is 13.6. The van der Waals surface area contributed by atoms with E-state index in [0.29, 0.717) is 50.7 Å². The van der Waals surface area contributed by atoms with E-state index in [1.165, 1.54) is 12.1 Å². The molecule has 2 aliphatic heterocycles. The van der Waals surface area contributed by atoms with Crippen LogP contribution in [0.2, 0.25) is 0 Å². The number of hydrogen-bond acceptors (Lipinski definition) is 4. The van der Waals surface area contributed by atoms with E-state index < -0.39 is 11.6 Å². The predicted molar refractivity (Wildman–Crippen MR) is 71.0 cm³/mol. The van der Waals surface area contributed by atoms with Crippen LogP contribution in [-0.2, 0) is 9.47 Å². The minimum absolute atomic E-state index is 0.239. The summed E-state index contributed by atoms with van der Waals surface area (Å²) >= 11 is 0. The number of nitrogens with zero attached hydrogens (tertiary/aromatic N) is 1. The normalized spacial score (nSPS) is 23.9. The summed E-state index contributed by atoms with van der Waals surface area (Å²) in [6.07, 6.45) is -0.239. The fraction of sp³-hybridized carbons (Fsp3) is 0.571. The van der Waals surface area contributed by atoms with Crippen molar-refractivity contribution in [2.24, 2.45) is 0 Å². The van der Waals surface area contributed by atoms with Gasteiger partial charge in [0.2, 0.25) is 0 Å². The average Bonchev–Trinajstić information content (AvgIpc) is 2.51. The van der Waals surface area contributed by atoms with E-state index >= 15 is 0 Å². The van der Waals surface area contributed by atoms with Gasteiger partial charge in [-0.15, -0.1) is 0 Å². The van der Waals surface area contributed by atoms with E-state index in [-0.39, 0.29) is 6.10 Å². The molecule has 2 saturated heterocycles. The topological polar surface area (TPSA) is 33.7 Å². The lowest BCUT2D eigenvalue weighted by atomic mass is 10.0. The highest BCUT2D eigenvalue weighted by atomic mass is 19.2. The second kappa shape index (κ2) is 6.03. The number of halogens is 2. The van der Waals surface area contributed by atoms with Gasteiger partial charge in [-0.2, -0.15) is 0 Å². The smallest absolute Gasteiger partial charge is 0.160 e. The third-order valence-corrected chi connectivity index (χ3v) is 3.70. The Bertz CT molecular complexity index is 429. The molecular formula is C14H18F2N2O2. The molecule has 0 aromatic heterocycles. The molecule has 6 heteroatoms. The Morgan fingerprint density at radius 1 is 1.10 bits per heavy atom. The Kier molecular flexibility index (Phi) is 4.14. The minimum Gasteiger partial charge on any atom is -0.378 e. The molecule has 110 valence electrons. The number of morpholine rings is 2. The zero-order valence-corrected chi connectivity index (χ0v) is 11.2. The lowest BCUT2D eigenvalue weighted by Gasteiger charge is -2.33. The van der Waals surface area contributed by atoms with E-state index in [9.17, 15) is 8.78 Å². The highest BCUT2D eigenvalue weighted by Crippen LogP contribution is 2.32. The van der Waals surface area contributed by atoms with Gasteiger partial charge in [-0.1, -0.05) is 0 Å². The van der Waals surface area contributed by atoms with Crippen LogP contribution in [0.3, 0.4) is 0 Å². The predicted octanol–water partition coefficient (Wildman–Crippen LogP) is 1.46. The van der Waals surface area contributed by atoms with E-state index in [4.69, 9.17) is 9.47 Å². The molecule has 0 bridgehead atoms. The van der Waals surface area contributed by atoms with Crippen molar-refractivity contribution in [3.8, 4) is 0 Å². The van der Waals surface area contributed by atoms with Crippen LogP contribution in [0.1, 0.15) is 11.7 Å². The molecule has 2 heterocycles. The van der Waals surface area contributed by atoms with E-state index in [1.807, 2.05) is 4.90 Å². The summed E-state index contributed by atoms with van der Waals surface area (Å²) in [5.74, 6) is -1.65. The van der Waals surface area contributed by atoms with Crippen molar-refractivity contribution in [3.63, 3.8) is 0 Å². The van der Waals surface area contributed by atoms with Gasteiger partial charge in [0.05, 0.1) is 25.9 Å². The van der Waals surface area contributed by atoms with Crippen LogP contribution < -0.4 is 10.2 Å². The molecule has 0 saturated carbocycles. The van der Waals surface area contributed by atoms with Crippen molar-refractivity contribution in [3.05, 3.63) is 29.3 Å². The van der Waals surface area contributed by atoms with E-state index in [0.717, 1.165) is 6.54 Å². The van der Waals surface area contributed by atoms with Crippen molar-refractivity contribution in [2.75, 3.05) is 50.9 Å². The first-order valence-electron chi connectivity index (χ1n) is 6.89. The summed E-state index contributed by atoms with van der Waals surface area (Å²) in [6.45, 7) is 4.53. The maximum Gasteiger partial charge on any atom is 0.160 e. The molecule has 1 atom stereocenters. The molecule has 20 heavy (non-hydrogen) atoms. The number of hydrogen-bond donors (Lipinski definition) is 1. The van der Waals surface area contributed by atoms with Gasteiger partial charge in [-0.05, 0) is 6.07 Å². The van der Waals surface area contributed by atoms with Crippen molar-refractivity contribution >= 4 is 5.69 Å². The van der Waals surface area contributed by atoms with E-state index in [1.54, 1.807) is 0 Å². The van der Waals surface area contributed by atoms with Gasteiger partial charge in [0.15, 0.2) is 11.6 Å². The molecule has 0 radical (unpaired) electrons. The van der Waals surface area contributed by atoms with Crippen molar-refractivity contribution in [2.45, 2.75) is 6.10 Å². The highest BCUT2D eigenvalue weighted by molar-refractivity contribution is 5.56. The van der Waals surface area contributed by atoms with Gasteiger partial charge >= 0.3 is 0 Å². The van der Waals surface area contributed by atoms with Crippen LogP contribution in [-0.4, -0.2) is 46.0 Å². The number of benzene rings is 1. The Balaban J connectivity index is 1.94. The Hall–Kier alpha value is -1.24. The number of rotatable bonds is 2. The number of anilines is 1. The summed E-state index contributed by atoms with van der Waals surface area (Å²) in [5.41, 5.74) is 1.42. The third-order valence-electron chi connectivity index (χ3n) is 3.70. The summed E-state index contributed by atoms with van der Waals surface area (Å²) in [7, 11) is 0.